The monoisotopic (exact) mass is 229 g/mol. The zero-order valence-corrected chi connectivity index (χ0v) is 11.2. The van der Waals surface area contributed by atoms with Crippen LogP contribution in [0.2, 0.25) is 0 Å². The Morgan fingerprint density at radius 3 is 2.69 bits per heavy atom. The summed E-state index contributed by atoms with van der Waals surface area (Å²) in [4.78, 5) is 0. The van der Waals surface area contributed by atoms with E-state index in [4.69, 9.17) is 9.47 Å². The van der Waals surface area contributed by atoms with Gasteiger partial charge in [0.2, 0.25) is 0 Å². The SMILES string of the molecule is CCCC(C)COC1CC(NCC)C1OC. The van der Waals surface area contributed by atoms with Crippen LogP contribution in [-0.4, -0.2) is 38.5 Å². The van der Waals surface area contributed by atoms with E-state index in [2.05, 4.69) is 26.1 Å². The highest BCUT2D eigenvalue weighted by Gasteiger charge is 2.41. The summed E-state index contributed by atoms with van der Waals surface area (Å²) in [5.74, 6) is 0.667. The van der Waals surface area contributed by atoms with Crippen molar-refractivity contribution >= 4 is 0 Å². The van der Waals surface area contributed by atoms with Gasteiger partial charge in [-0.05, 0) is 25.3 Å². The van der Waals surface area contributed by atoms with Gasteiger partial charge >= 0.3 is 0 Å². The molecule has 96 valence electrons. The fourth-order valence-corrected chi connectivity index (χ4v) is 2.39. The molecule has 1 N–H and O–H groups in total. The highest BCUT2D eigenvalue weighted by molar-refractivity contribution is 4.96. The molecule has 0 radical (unpaired) electrons. The van der Waals surface area contributed by atoms with Gasteiger partial charge in [-0.15, -0.1) is 0 Å². The van der Waals surface area contributed by atoms with Crippen LogP contribution in [0.5, 0.6) is 0 Å². The van der Waals surface area contributed by atoms with Gasteiger partial charge in [-0.3, -0.25) is 0 Å². The van der Waals surface area contributed by atoms with Gasteiger partial charge in [0.05, 0.1) is 12.2 Å². The highest BCUT2D eigenvalue weighted by Crippen LogP contribution is 2.27. The molecule has 0 spiro atoms. The molecule has 0 aromatic heterocycles. The molecule has 0 amide bonds. The topological polar surface area (TPSA) is 30.5 Å². The molecule has 0 saturated heterocycles. The molecule has 1 aliphatic rings. The van der Waals surface area contributed by atoms with Crippen molar-refractivity contribution in [1.29, 1.82) is 0 Å². The highest BCUT2D eigenvalue weighted by atomic mass is 16.5. The van der Waals surface area contributed by atoms with Crippen LogP contribution in [-0.2, 0) is 9.47 Å². The van der Waals surface area contributed by atoms with Gasteiger partial charge in [-0.2, -0.15) is 0 Å². The van der Waals surface area contributed by atoms with E-state index in [1.807, 2.05) is 0 Å². The molecule has 0 aliphatic heterocycles. The van der Waals surface area contributed by atoms with Crippen molar-refractivity contribution in [1.82, 2.24) is 5.32 Å². The molecule has 0 aromatic carbocycles. The third-order valence-corrected chi connectivity index (χ3v) is 3.36. The number of nitrogens with one attached hydrogen (secondary N) is 1. The number of hydrogen-bond donors (Lipinski definition) is 1. The molecule has 1 fully saturated rings. The predicted octanol–water partition coefficient (Wildman–Crippen LogP) is 2.20. The van der Waals surface area contributed by atoms with E-state index in [9.17, 15) is 0 Å². The number of ether oxygens (including phenoxy) is 2. The van der Waals surface area contributed by atoms with E-state index in [-0.39, 0.29) is 6.10 Å². The molecule has 3 nitrogen and oxygen atoms in total. The average molecular weight is 229 g/mol. The summed E-state index contributed by atoms with van der Waals surface area (Å²) in [6, 6.07) is 0.487. The van der Waals surface area contributed by atoms with Crippen molar-refractivity contribution in [3.8, 4) is 0 Å². The summed E-state index contributed by atoms with van der Waals surface area (Å²) in [6.07, 6.45) is 4.12. The van der Waals surface area contributed by atoms with Crippen molar-refractivity contribution in [2.24, 2.45) is 5.92 Å². The largest absolute Gasteiger partial charge is 0.377 e. The maximum Gasteiger partial charge on any atom is 0.0986 e. The van der Waals surface area contributed by atoms with Gasteiger partial charge in [-0.1, -0.05) is 27.2 Å². The smallest absolute Gasteiger partial charge is 0.0986 e. The summed E-state index contributed by atoms with van der Waals surface area (Å²) in [7, 11) is 1.78. The first-order chi connectivity index (χ1) is 7.72. The van der Waals surface area contributed by atoms with E-state index in [1.165, 1.54) is 12.8 Å². The molecule has 16 heavy (non-hydrogen) atoms. The lowest BCUT2D eigenvalue weighted by Crippen LogP contribution is -2.59. The van der Waals surface area contributed by atoms with Crippen LogP contribution in [0.1, 0.15) is 40.0 Å². The maximum absolute atomic E-state index is 5.91. The Bertz CT molecular complexity index is 187. The van der Waals surface area contributed by atoms with Crippen molar-refractivity contribution in [3.63, 3.8) is 0 Å². The van der Waals surface area contributed by atoms with E-state index in [1.54, 1.807) is 7.11 Å². The lowest BCUT2D eigenvalue weighted by Gasteiger charge is -2.43. The Kier molecular flexibility index (Phi) is 6.32. The van der Waals surface area contributed by atoms with E-state index >= 15 is 0 Å². The minimum absolute atomic E-state index is 0.244. The number of rotatable bonds is 8. The van der Waals surface area contributed by atoms with Gasteiger partial charge < -0.3 is 14.8 Å². The van der Waals surface area contributed by atoms with Crippen LogP contribution in [0.25, 0.3) is 0 Å². The molecule has 3 heteroatoms. The molecule has 0 aromatic rings. The van der Waals surface area contributed by atoms with Crippen molar-refractivity contribution in [2.75, 3.05) is 20.3 Å². The minimum Gasteiger partial charge on any atom is -0.377 e. The maximum atomic E-state index is 5.91. The van der Waals surface area contributed by atoms with Crippen LogP contribution < -0.4 is 5.32 Å². The third kappa shape index (κ3) is 3.72. The summed E-state index contributed by atoms with van der Waals surface area (Å²) in [5, 5.41) is 3.42. The van der Waals surface area contributed by atoms with E-state index in [0.717, 1.165) is 19.6 Å². The molecule has 1 saturated carbocycles. The minimum atomic E-state index is 0.244. The van der Waals surface area contributed by atoms with Crippen molar-refractivity contribution in [3.05, 3.63) is 0 Å². The Hall–Kier alpha value is -0.120. The fraction of sp³-hybridized carbons (Fsp3) is 1.00. The first-order valence-electron chi connectivity index (χ1n) is 6.60. The lowest BCUT2D eigenvalue weighted by atomic mass is 9.85. The van der Waals surface area contributed by atoms with Gasteiger partial charge in [0.25, 0.3) is 0 Å². The second kappa shape index (κ2) is 7.25. The van der Waals surface area contributed by atoms with Crippen molar-refractivity contribution < 1.29 is 9.47 Å². The van der Waals surface area contributed by atoms with Crippen LogP contribution in [0.3, 0.4) is 0 Å². The zero-order chi connectivity index (χ0) is 12.0. The number of hydrogen-bond acceptors (Lipinski definition) is 3. The second-order valence-electron chi connectivity index (χ2n) is 4.87. The molecule has 4 unspecified atom stereocenters. The number of methoxy groups -OCH3 is 1. The first-order valence-corrected chi connectivity index (χ1v) is 6.60. The predicted molar refractivity (Wildman–Crippen MR) is 66.7 cm³/mol. The quantitative estimate of drug-likeness (QED) is 0.692. The molecule has 1 rings (SSSR count). The standard InChI is InChI=1S/C13H27NO2/c1-5-7-10(3)9-16-12-8-11(14-6-2)13(12)15-4/h10-14H,5-9H2,1-4H3. The Morgan fingerprint density at radius 1 is 1.38 bits per heavy atom. The summed E-state index contributed by atoms with van der Waals surface area (Å²) in [6.45, 7) is 8.48. The van der Waals surface area contributed by atoms with Crippen molar-refractivity contribution in [2.45, 2.75) is 58.3 Å². The molecule has 4 atom stereocenters. The average Bonchev–Trinajstić information content (AvgIpc) is 2.23. The van der Waals surface area contributed by atoms with Gasteiger partial charge in [0, 0.05) is 19.8 Å². The zero-order valence-electron chi connectivity index (χ0n) is 11.2. The Morgan fingerprint density at radius 2 is 2.12 bits per heavy atom. The molecular weight excluding hydrogens is 202 g/mol. The summed E-state index contributed by atoms with van der Waals surface area (Å²) in [5.41, 5.74) is 0. The summed E-state index contributed by atoms with van der Waals surface area (Å²) < 4.78 is 11.4. The Balaban J connectivity index is 2.19. The lowest BCUT2D eigenvalue weighted by molar-refractivity contribution is -0.139. The molecular formula is C13H27NO2. The van der Waals surface area contributed by atoms with Gasteiger partial charge in [0.1, 0.15) is 0 Å². The summed E-state index contributed by atoms with van der Waals surface area (Å²) >= 11 is 0. The first kappa shape index (κ1) is 13.9. The van der Waals surface area contributed by atoms with Crippen LogP contribution in [0, 0.1) is 5.92 Å². The molecule has 0 bridgehead atoms. The molecule has 0 heterocycles. The van der Waals surface area contributed by atoms with E-state index < -0.39 is 0 Å². The van der Waals surface area contributed by atoms with Crippen LogP contribution in [0.15, 0.2) is 0 Å². The number of likely N-dealkylation sites (N-methyl/N-ethyl adjacent to an activating group) is 1. The van der Waals surface area contributed by atoms with Gasteiger partial charge in [0.15, 0.2) is 0 Å². The second-order valence-corrected chi connectivity index (χ2v) is 4.87. The molecule has 1 aliphatic carbocycles. The normalized spacial score (nSPS) is 31.1. The van der Waals surface area contributed by atoms with E-state index in [0.29, 0.717) is 18.1 Å². The third-order valence-electron chi connectivity index (χ3n) is 3.36. The van der Waals surface area contributed by atoms with Crippen LogP contribution >= 0.6 is 0 Å². The Labute approximate surface area is 99.9 Å². The van der Waals surface area contributed by atoms with Gasteiger partial charge in [-0.25, -0.2) is 0 Å². The fourth-order valence-electron chi connectivity index (χ4n) is 2.39. The van der Waals surface area contributed by atoms with Crippen LogP contribution in [0.4, 0.5) is 0 Å².